The van der Waals surface area contributed by atoms with Crippen molar-refractivity contribution in [1.29, 1.82) is 0 Å². The lowest BCUT2D eigenvalue weighted by Gasteiger charge is -2.21. The van der Waals surface area contributed by atoms with Crippen molar-refractivity contribution in [1.82, 2.24) is 5.32 Å². The van der Waals surface area contributed by atoms with Gasteiger partial charge in [0.05, 0.1) is 12.3 Å². The Morgan fingerprint density at radius 2 is 2.17 bits per heavy atom. The summed E-state index contributed by atoms with van der Waals surface area (Å²) < 4.78 is 11.8. The lowest BCUT2D eigenvalue weighted by molar-refractivity contribution is 0.137. The third kappa shape index (κ3) is 6.89. The molecule has 1 aliphatic rings. The van der Waals surface area contributed by atoms with E-state index in [0.29, 0.717) is 48.4 Å². The van der Waals surface area contributed by atoms with Crippen molar-refractivity contribution < 1.29 is 9.15 Å². The molecular weight excluding hydrogens is 396 g/mol. The third-order valence-electron chi connectivity index (χ3n) is 4.83. The van der Waals surface area contributed by atoms with Crippen LogP contribution in [0, 0.1) is 5.92 Å². The molecule has 0 aliphatic carbocycles. The fraction of sp³-hybridized carbons (Fsp3) is 0.400. The van der Waals surface area contributed by atoms with E-state index in [-0.39, 0.29) is 5.92 Å². The van der Waals surface area contributed by atoms with Crippen molar-refractivity contribution in [2.75, 3.05) is 19.8 Å². The standard InChI is InChI=1S/C25H33ClN2O2/c1-7-9-24(26)28-22-15-23(21-14-18(4)20(6)16-27-21)30-25(22)19(5)13-17(3)10-12-29-11-8-2/h7,14-15,18,27H,1,3,5-6,8-13,16H2,2,4H3. The van der Waals surface area contributed by atoms with Gasteiger partial charge in [-0.3, -0.25) is 0 Å². The van der Waals surface area contributed by atoms with Crippen LogP contribution >= 0.6 is 11.6 Å². The van der Waals surface area contributed by atoms with Gasteiger partial charge in [0.25, 0.3) is 0 Å². The Hall–Kier alpha value is -2.30. The van der Waals surface area contributed by atoms with Gasteiger partial charge >= 0.3 is 0 Å². The normalized spacial score (nSPS) is 16.8. The summed E-state index contributed by atoms with van der Waals surface area (Å²) in [5.74, 6) is 1.61. The molecule has 1 aromatic heterocycles. The zero-order valence-corrected chi connectivity index (χ0v) is 19.0. The molecule has 30 heavy (non-hydrogen) atoms. The highest BCUT2D eigenvalue weighted by Gasteiger charge is 2.20. The number of furan rings is 1. The van der Waals surface area contributed by atoms with Crippen LogP contribution in [0.5, 0.6) is 0 Å². The van der Waals surface area contributed by atoms with E-state index in [2.05, 4.69) is 56.5 Å². The minimum atomic E-state index is 0.275. The van der Waals surface area contributed by atoms with Crippen LogP contribution in [0.4, 0.5) is 5.69 Å². The largest absolute Gasteiger partial charge is 0.453 e. The summed E-state index contributed by atoms with van der Waals surface area (Å²) in [5.41, 5.74) is 4.59. The predicted molar refractivity (Wildman–Crippen MR) is 129 cm³/mol. The van der Waals surface area contributed by atoms with Crippen LogP contribution in [0.3, 0.4) is 0 Å². The molecule has 2 rings (SSSR count). The van der Waals surface area contributed by atoms with Gasteiger partial charge < -0.3 is 14.5 Å². The first kappa shape index (κ1) is 24.0. The second kappa shape index (κ2) is 11.8. The van der Waals surface area contributed by atoms with Gasteiger partial charge in [0.15, 0.2) is 11.5 Å². The Morgan fingerprint density at radius 1 is 1.40 bits per heavy atom. The quantitative estimate of drug-likeness (QED) is 0.220. The zero-order valence-electron chi connectivity index (χ0n) is 18.2. The number of nitrogens with zero attached hydrogens (tertiary/aromatic N) is 1. The molecule has 1 N–H and O–H groups in total. The maximum absolute atomic E-state index is 6.26. The Kier molecular flexibility index (Phi) is 9.41. The first-order chi connectivity index (χ1) is 14.3. The van der Waals surface area contributed by atoms with Gasteiger partial charge in [0.2, 0.25) is 0 Å². The first-order valence-corrected chi connectivity index (χ1v) is 10.8. The van der Waals surface area contributed by atoms with Gasteiger partial charge in [-0.25, -0.2) is 4.99 Å². The summed E-state index contributed by atoms with van der Waals surface area (Å²) in [6, 6.07) is 1.90. The van der Waals surface area contributed by atoms with Crippen LogP contribution in [0.25, 0.3) is 11.3 Å². The second-order valence-corrected chi connectivity index (χ2v) is 8.02. The monoisotopic (exact) mass is 428 g/mol. The Morgan fingerprint density at radius 3 is 2.83 bits per heavy atom. The van der Waals surface area contributed by atoms with Crippen molar-refractivity contribution >= 4 is 33.7 Å². The molecule has 1 atom stereocenters. The summed E-state index contributed by atoms with van der Waals surface area (Å²) in [5, 5.41) is 3.81. The molecule has 0 bridgehead atoms. The number of aliphatic imine (C=N–C) groups is 1. The molecule has 0 fully saturated rings. The SMILES string of the molecule is C=CCC(Cl)=Nc1cc(C2=CC(C)C(=C)CN2)oc1C(=C)CC(=C)CCOCCC. The van der Waals surface area contributed by atoms with Crippen molar-refractivity contribution in [3.8, 4) is 0 Å². The summed E-state index contributed by atoms with van der Waals surface area (Å²) >= 11 is 6.26. The lowest BCUT2D eigenvalue weighted by Crippen LogP contribution is -2.23. The van der Waals surface area contributed by atoms with Gasteiger partial charge in [0, 0.05) is 25.6 Å². The molecular formula is C25H33ClN2O2. The highest BCUT2D eigenvalue weighted by molar-refractivity contribution is 6.65. The van der Waals surface area contributed by atoms with Crippen molar-refractivity contribution in [3.05, 3.63) is 67.2 Å². The summed E-state index contributed by atoms with van der Waals surface area (Å²) in [6.07, 6.45) is 6.74. The molecule has 1 aliphatic heterocycles. The fourth-order valence-electron chi connectivity index (χ4n) is 3.05. The Bertz CT molecular complexity index is 860. The molecule has 162 valence electrons. The molecule has 0 aromatic carbocycles. The minimum absolute atomic E-state index is 0.275. The Balaban J connectivity index is 2.24. The minimum Gasteiger partial charge on any atom is -0.453 e. The van der Waals surface area contributed by atoms with E-state index >= 15 is 0 Å². The molecule has 0 saturated carbocycles. The van der Waals surface area contributed by atoms with E-state index in [0.717, 1.165) is 41.9 Å². The molecule has 1 unspecified atom stereocenters. The summed E-state index contributed by atoms with van der Waals surface area (Å²) in [4.78, 5) is 4.54. The lowest BCUT2D eigenvalue weighted by atomic mass is 9.97. The number of allylic oxidation sites excluding steroid dienone is 3. The van der Waals surface area contributed by atoms with Crippen molar-refractivity contribution in [3.63, 3.8) is 0 Å². The van der Waals surface area contributed by atoms with E-state index in [1.165, 1.54) is 0 Å². The molecule has 0 amide bonds. The van der Waals surface area contributed by atoms with Crippen molar-refractivity contribution in [2.45, 2.75) is 39.5 Å². The van der Waals surface area contributed by atoms with Gasteiger partial charge in [-0.15, -0.1) is 6.58 Å². The summed E-state index contributed by atoms with van der Waals surface area (Å²) in [7, 11) is 0. The van der Waals surface area contributed by atoms with Gasteiger partial charge in [0.1, 0.15) is 10.9 Å². The van der Waals surface area contributed by atoms with Crippen LogP contribution in [0.1, 0.15) is 51.1 Å². The topological polar surface area (TPSA) is 46.8 Å². The molecule has 2 heterocycles. The molecule has 0 spiro atoms. The molecule has 5 heteroatoms. The molecule has 0 radical (unpaired) electrons. The zero-order chi connectivity index (χ0) is 22.1. The first-order valence-electron chi connectivity index (χ1n) is 10.4. The average Bonchev–Trinajstić information content (AvgIpc) is 3.11. The average molecular weight is 429 g/mol. The number of ether oxygens (including phenoxy) is 1. The highest BCUT2D eigenvalue weighted by atomic mass is 35.5. The highest BCUT2D eigenvalue weighted by Crippen LogP contribution is 2.36. The van der Waals surface area contributed by atoms with E-state index in [1.54, 1.807) is 6.08 Å². The number of rotatable bonds is 12. The van der Waals surface area contributed by atoms with Crippen LogP contribution in [0.2, 0.25) is 0 Å². The van der Waals surface area contributed by atoms with Crippen LogP contribution in [0.15, 0.2) is 65.1 Å². The van der Waals surface area contributed by atoms with Gasteiger partial charge in [-0.1, -0.05) is 68.5 Å². The van der Waals surface area contributed by atoms with E-state index in [4.69, 9.17) is 20.8 Å². The van der Waals surface area contributed by atoms with Gasteiger partial charge in [-0.2, -0.15) is 0 Å². The number of nitrogens with one attached hydrogen (secondary N) is 1. The van der Waals surface area contributed by atoms with E-state index in [9.17, 15) is 0 Å². The van der Waals surface area contributed by atoms with Crippen molar-refractivity contribution in [2.24, 2.45) is 10.9 Å². The third-order valence-corrected chi connectivity index (χ3v) is 5.07. The van der Waals surface area contributed by atoms with E-state index < -0.39 is 0 Å². The fourth-order valence-corrected chi connectivity index (χ4v) is 3.25. The van der Waals surface area contributed by atoms with Crippen LogP contribution < -0.4 is 5.32 Å². The van der Waals surface area contributed by atoms with Crippen LogP contribution in [-0.4, -0.2) is 24.9 Å². The molecule has 0 saturated heterocycles. The van der Waals surface area contributed by atoms with E-state index in [1.807, 2.05) is 6.07 Å². The Labute approximate surface area is 185 Å². The maximum Gasteiger partial charge on any atom is 0.156 e. The predicted octanol–water partition coefficient (Wildman–Crippen LogP) is 7.04. The summed E-state index contributed by atoms with van der Waals surface area (Å²) in [6.45, 7) is 22.6. The van der Waals surface area contributed by atoms with Gasteiger partial charge in [-0.05, 0) is 30.8 Å². The second-order valence-electron chi connectivity index (χ2n) is 7.58. The smallest absolute Gasteiger partial charge is 0.156 e. The number of halogens is 1. The molecule has 4 nitrogen and oxygen atoms in total. The maximum atomic E-state index is 6.26. The number of hydrogen-bond acceptors (Lipinski definition) is 4. The van der Waals surface area contributed by atoms with Crippen LogP contribution in [-0.2, 0) is 4.74 Å². The molecule has 1 aromatic rings. The number of hydrogen-bond donors (Lipinski definition) is 1.